The molecule has 30 heavy (non-hydrogen) atoms. The second-order valence-electron chi connectivity index (χ2n) is 8.64. The Morgan fingerprint density at radius 2 is 2.00 bits per heavy atom. The zero-order chi connectivity index (χ0) is 21.5. The molecule has 0 aliphatic carbocycles. The van der Waals surface area contributed by atoms with Crippen LogP contribution in [0.4, 0.5) is 4.79 Å². The van der Waals surface area contributed by atoms with E-state index in [0.29, 0.717) is 31.6 Å². The fourth-order valence-corrected chi connectivity index (χ4v) is 4.08. The molecule has 0 N–H and O–H groups in total. The van der Waals surface area contributed by atoms with Crippen molar-refractivity contribution < 1.29 is 9.53 Å². The van der Waals surface area contributed by atoms with E-state index in [-0.39, 0.29) is 24.1 Å². The third-order valence-corrected chi connectivity index (χ3v) is 5.36. The monoisotopic (exact) mass is 407 g/mol. The minimum atomic E-state index is -0.538. The minimum absolute atomic E-state index is 0.0603. The zero-order valence-electron chi connectivity index (χ0n) is 17.5. The van der Waals surface area contributed by atoms with Crippen molar-refractivity contribution in [2.75, 3.05) is 13.1 Å². The van der Waals surface area contributed by atoms with Gasteiger partial charge in [0.05, 0.1) is 18.0 Å². The fraction of sp³-hybridized carbons (Fsp3) is 0.455. The molecule has 0 saturated carbocycles. The van der Waals surface area contributed by atoms with Gasteiger partial charge in [-0.25, -0.2) is 9.31 Å². The summed E-state index contributed by atoms with van der Waals surface area (Å²) in [4.78, 5) is 27.0. The number of ether oxygens (including phenoxy) is 1. The molecule has 8 nitrogen and oxygen atoms in total. The van der Waals surface area contributed by atoms with E-state index in [1.54, 1.807) is 20.2 Å². The van der Waals surface area contributed by atoms with Crippen molar-refractivity contribution in [3.05, 3.63) is 46.4 Å². The predicted molar refractivity (Wildman–Crippen MR) is 112 cm³/mol. The summed E-state index contributed by atoms with van der Waals surface area (Å²) in [5, 5.41) is 14.7. The summed E-state index contributed by atoms with van der Waals surface area (Å²) in [5.74, 6) is 0. The maximum Gasteiger partial charge on any atom is 0.410 e. The standard InChI is InChI=1S/C22H25N5O3/c1-22(2,3)30-21(29)25-12-8-16(9-13-25)27-18(28)10-14-26-20(27)19-15(7-11-23)5-4-6-17(19)24-26/h4-6,10,14,16H,7-9,12-13H2,1-3H3. The van der Waals surface area contributed by atoms with E-state index in [1.807, 2.05) is 39.0 Å². The fourth-order valence-electron chi connectivity index (χ4n) is 4.08. The van der Waals surface area contributed by atoms with Crippen LogP contribution in [0.5, 0.6) is 0 Å². The number of nitriles is 1. The second kappa shape index (κ2) is 7.48. The lowest BCUT2D eigenvalue weighted by Gasteiger charge is -2.34. The van der Waals surface area contributed by atoms with Gasteiger partial charge in [0.1, 0.15) is 11.2 Å². The Balaban J connectivity index is 1.71. The molecule has 1 aliphatic heterocycles. The van der Waals surface area contributed by atoms with Gasteiger partial charge in [-0.3, -0.25) is 9.36 Å². The number of carbonyl (C=O) groups is 1. The number of piperidine rings is 1. The van der Waals surface area contributed by atoms with Crippen LogP contribution in [0.1, 0.15) is 45.2 Å². The molecular formula is C22H25N5O3. The largest absolute Gasteiger partial charge is 0.444 e. The number of fused-ring (bicyclic) bond motifs is 3. The topological polar surface area (TPSA) is 92.6 Å². The van der Waals surface area contributed by atoms with Crippen molar-refractivity contribution in [1.82, 2.24) is 19.1 Å². The van der Waals surface area contributed by atoms with Gasteiger partial charge in [-0.05, 0) is 45.2 Å². The average Bonchev–Trinajstić information content (AvgIpc) is 3.07. The van der Waals surface area contributed by atoms with Gasteiger partial charge in [0.15, 0.2) is 0 Å². The molecular weight excluding hydrogens is 382 g/mol. The third-order valence-electron chi connectivity index (χ3n) is 5.36. The van der Waals surface area contributed by atoms with Crippen LogP contribution in [0.25, 0.3) is 16.6 Å². The molecule has 1 amide bonds. The van der Waals surface area contributed by atoms with Crippen LogP contribution in [-0.2, 0) is 11.2 Å². The SMILES string of the molecule is CC(C)(C)OC(=O)N1CCC(n2c(=O)ccn3nc4cccc(CC#N)c4c23)CC1. The van der Waals surface area contributed by atoms with Gasteiger partial charge in [0.25, 0.3) is 5.56 Å². The molecule has 1 aliphatic rings. The number of aromatic nitrogens is 3. The van der Waals surface area contributed by atoms with Crippen LogP contribution < -0.4 is 5.56 Å². The van der Waals surface area contributed by atoms with Gasteiger partial charge in [0, 0.05) is 36.8 Å². The summed E-state index contributed by atoms with van der Waals surface area (Å²) in [6.07, 6.45) is 2.88. The van der Waals surface area contributed by atoms with Gasteiger partial charge in [-0.15, -0.1) is 0 Å². The highest BCUT2D eigenvalue weighted by molar-refractivity contribution is 5.95. The molecule has 4 rings (SSSR count). The summed E-state index contributed by atoms with van der Waals surface area (Å²) in [5.41, 5.74) is 1.68. The van der Waals surface area contributed by atoms with E-state index in [1.165, 1.54) is 6.07 Å². The van der Waals surface area contributed by atoms with Crippen molar-refractivity contribution in [3.8, 4) is 6.07 Å². The Morgan fingerprint density at radius 3 is 2.67 bits per heavy atom. The quantitative estimate of drug-likeness (QED) is 0.650. The number of amides is 1. The predicted octanol–water partition coefficient (Wildman–Crippen LogP) is 3.29. The van der Waals surface area contributed by atoms with Crippen LogP contribution in [-0.4, -0.2) is 43.9 Å². The van der Waals surface area contributed by atoms with E-state index in [4.69, 9.17) is 4.74 Å². The highest BCUT2D eigenvalue weighted by Gasteiger charge is 2.29. The molecule has 8 heteroatoms. The molecule has 2 aromatic heterocycles. The molecule has 3 heterocycles. The summed E-state index contributed by atoms with van der Waals surface area (Å²) < 4.78 is 8.97. The molecule has 1 saturated heterocycles. The Labute approximate surface area is 174 Å². The molecule has 0 bridgehead atoms. The number of carbonyl (C=O) groups excluding carboxylic acids is 1. The van der Waals surface area contributed by atoms with Gasteiger partial charge < -0.3 is 9.64 Å². The first kappa shape index (κ1) is 20.0. The van der Waals surface area contributed by atoms with Gasteiger partial charge >= 0.3 is 6.09 Å². The van der Waals surface area contributed by atoms with E-state index < -0.39 is 5.60 Å². The van der Waals surface area contributed by atoms with E-state index in [0.717, 1.165) is 16.5 Å². The zero-order valence-corrected chi connectivity index (χ0v) is 17.5. The maximum atomic E-state index is 12.9. The third kappa shape index (κ3) is 3.63. The van der Waals surface area contributed by atoms with Crippen molar-refractivity contribution in [1.29, 1.82) is 5.26 Å². The number of hydrogen-bond donors (Lipinski definition) is 0. The summed E-state index contributed by atoms with van der Waals surface area (Å²) in [6, 6.07) is 9.33. The smallest absolute Gasteiger partial charge is 0.410 e. The Bertz CT molecular complexity index is 1200. The normalized spacial score (nSPS) is 15.5. The lowest BCUT2D eigenvalue weighted by atomic mass is 10.0. The Hall–Kier alpha value is -3.34. The summed E-state index contributed by atoms with van der Waals surface area (Å²) >= 11 is 0. The number of hydrogen-bond acceptors (Lipinski definition) is 5. The van der Waals surface area contributed by atoms with Gasteiger partial charge in [-0.2, -0.15) is 10.4 Å². The number of likely N-dealkylation sites (tertiary alicyclic amines) is 1. The summed E-state index contributed by atoms with van der Waals surface area (Å²) in [6.45, 7) is 6.58. The first-order valence-corrected chi connectivity index (χ1v) is 10.1. The molecule has 0 spiro atoms. The van der Waals surface area contributed by atoms with Gasteiger partial charge in [-0.1, -0.05) is 12.1 Å². The molecule has 3 aromatic rings. The molecule has 1 aromatic carbocycles. The highest BCUT2D eigenvalue weighted by Crippen LogP contribution is 2.29. The Morgan fingerprint density at radius 1 is 1.27 bits per heavy atom. The average molecular weight is 407 g/mol. The second-order valence-corrected chi connectivity index (χ2v) is 8.64. The van der Waals surface area contributed by atoms with Crippen molar-refractivity contribution in [2.24, 2.45) is 0 Å². The molecule has 0 unspecified atom stereocenters. The van der Waals surface area contributed by atoms with Gasteiger partial charge in [0.2, 0.25) is 0 Å². The number of nitrogens with zero attached hydrogens (tertiary/aromatic N) is 5. The lowest BCUT2D eigenvalue weighted by molar-refractivity contribution is 0.0188. The number of rotatable bonds is 2. The Kier molecular flexibility index (Phi) is 4.98. The minimum Gasteiger partial charge on any atom is -0.444 e. The molecule has 0 atom stereocenters. The van der Waals surface area contributed by atoms with Crippen molar-refractivity contribution >= 4 is 22.6 Å². The van der Waals surface area contributed by atoms with Crippen LogP contribution in [0.3, 0.4) is 0 Å². The maximum absolute atomic E-state index is 12.9. The first-order chi connectivity index (χ1) is 14.3. The van der Waals surface area contributed by atoms with E-state index in [2.05, 4.69) is 11.2 Å². The molecule has 0 radical (unpaired) electrons. The van der Waals surface area contributed by atoms with Crippen LogP contribution in [0.2, 0.25) is 0 Å². The van der Waals surface area contributed by atoms with E-state index in [9.17, 15) is 14.9 Å². The van der Waals surface area contributed by atoms with Crippen LogP contribution in [0.15, 0.2) is 35.3 Å². The van der Waals surface area contributed by atoms with E-state index >= 15 is 0 Å². The molecule has 1 fully saturated rings. The van der Waals surface area contributed by atoms with Crippen LogP contribution >= 0.6 is 0 Å². The molecule has 156 valence electrons. The first-order valence-electron chi connectivity index (χ1n) is 10.1. The number of benzene rings is 1. The van der Waals surface area contributed by atoms with Crippen LogP contribution in [0, 0.1) is 11.3 Å². The lowest BCUT2D eigenvalue weighted by Crippen LogP contribution is -2.43. The van der Waals surface area contributed by atoms with Crippen molar-refractivity contribution in [3.63, 3.8) is 0 Å². The highest BCUT2D eigenvalue weighted by atomic mass is 16.6. The summed E-state index contributed by atoms with van der Waals surface area (Å²) in [7, 11) is 0. The van der Waals surface area contributed by atoms with Crippen molar-refractivity contribution in [2.45, 2.75) is 51.7 Å².